The number of fused-ring (bicyclic) bond motifs is 1. The van der Waals surface area contributed by atoms with E-state index in [9.17, 15) is 18.0 Å². The first-order chi connectivity index (χ1) is 9.93. The van der Waals surface area contributed by atoms with Crippen molar-refractivity contribution in [2.24, 2.45) is 0 Å². The van der Waals surface area contributed by atoms with Crippen molar-refractivity contribution in [1.29, 1.82) is 0 Å². The SMILES string of the molecule is O=C(Cc1cn2ccsc2n1)c1cccc(C(F)(F)F)c1. The zero-order valence-corrected chi connectivity index (χ0v) is 11.4. The fraction of sp³-hybridized carbons (Fsp3) is 0.143. The summed E-state index contributed by atoms with van der Waals surface area (Å²) < 4.78 is 39.7. The number of nitrogens with zero attached hydrogens (tertiary/aromatic N) is 2. The highest BCUT2D eigenvalue weighted by atomic mass is 32.1. The molecule has 1 aromatic carbocycles. The van der Waals surface area contributed by atoms with Crippen LogP contribution in [-0.2, 0) is 12.6 Å². The van der Waals surface area contributed by atoms with Gasteiger partial charge in [-0.1, -0.05) is 12.1 Å². The summed E-state index contributed by atoms with van der Waals surface area (Å²) in [6.07, 6.45) is -0.953. The van der Waals surface area contributed by atoms with E-state index in [4.69, 9.17) is 0 Å². The van der Waals surface area contributed by atoms with Gasteiger partial charge in [0.2, 0.25) is 0 Å². The van der Waals surface area contributed by atoms with Gasteiger partial charge in [-0.2, -0.15) is 13.2 Å². The van der Waals surface area contributed by atoms with E-state index in [0.29, 0.717) is 5.69 Å². The standard InChI is InChI=1S/C14H9F3N2OS/c15-14(16,17)10-3-1-2-9(6-10)12(20)7-11-8-19-4-5-21-13(19)18-11/h1-6,8H,7H2. The first kappa shape index (κ1) is 13.8. The summed E-state index contributed by atoms with van der Waals surface area (Å²) in [5.41, 5.74) is -0.232. The van der Waals surface area contributed by atoms with E-state index in [1.54, 1.807) is 10.6 Å². The van der Waals surface area contributed by atoms with E-state index in [2.05, 4.69) is 4.98 Å². The summed E-state index contributed by atoms with van der Waals surface area (Å²) in [6, 6.07) is 4.45. The van der Waals surface area contributed by atoms with Gasteiger partial charge in [0.25, 0.3) is 0 Å². The number of hydrogen-bond acceptors (Lipinski definition) is 3. The lowest BCUT2D eigenvalue weighted by molar-refractivity contribution is -0.137. The number of halogens is 3. The van der Waals surface area contributed by atoms with Crippen molar-refractivity contribution in [1.82, 2.24) is 9.38 Å². The van der Waals surface area contributed by atoms with E-state index < -0.39 is 11.7 Å². The molecule has 3 rings (SSSR count). The predicted octanol–water partition coefficient (Wildman–Crippen LogP) is 3.84. The average Bonchev–Trinajstić information content (AvgIpc) is 2.98. The Morgan fingerprint density at radius 2 is 2.14 bits per heavy atom. The number of aromatic nitrogens is 2. The minimum absolute atomic E-state index is 0.0181. The molecule has 21 heavy (non-hydrogen) atoms. The van der Waals surface area contributed by atoms with Gasteiger partial charge in [-0.05, 0) is 12.1 Å². The Bertz CT molecular complexity index is 775. The van der Waals surface area contributed by atoms with Gasteiger partial charge in [0.1, 0.15) is 0 Å². The summed E-state index contributed by atoms with van der Waals surface area (Å²) >= 11 is 1.43. The van der Waals surface area contributed by atoms with E-state index >= 15 is 0 Å². The Labute approximate surface area is 121 Å². The second-order valence-electron chi connectivity index (χ2n) is 4.50. The molecule has 0 bridgehead atoms. The van der Waals surface area contributed by atoms with Crippen LogP contribution in [0.5, 0.6) is 0 Å². The fourth-order valence-electron chi connectivity index (χ4n) is 2.00. The molecular weight excluding hydrogens is 301 g/mol. The normalized spacial score (nSPS) is 12.0. The summed E-state index contributed by atoms with van der Waals surface area (Å²) in [7, 11) is 0. The number of carbonyl (C=O) groups excluding carboxylic acids is 1. The number of Topliss-reactive ketones (excluding diaryl/α,β-unsaturated/α-hetero) is 1. The molecule has 0 N–H and O–H groups in total. The van der Waals surface area contributed by atoms with Crippen LogP contribution in [0.25, 0.3) is 4.96 Å². The lowest BCUT2D eigenvalue weighted by Gasteiger charge is -2.07. The molecule has 0 saturated carbocycles. The zero-order chi connectivity index (χ0) is 15.0. The maximum atomic E-state index is 12.6. The topological polar surface area (TPSA) is 34.4 Å². The number of imidazole rings is 1. The van der Waals surface area contributed by atoms with Crippen LogP contribution in [0.15, 0.2) is 42.0 Å². The van der Waals surface area contributed by atoms with Gasteiger partial charge in [-0.3, -0.25) is 9.20 Å². The number of ketones is 1. The van der Waals surface area contributed by atoms with Crippen LogP contribution in [-0.4, -0.2) is 15.2 Å². The highest BCUT2D eigenvalue weighted by Crippen LogP contribution is 2.29. The Kier molecular flexibility index (Phi) is 3.29. The van der Waals surface area contributed by atoms with Crippen molar-refractivity contribution < 1.29 is 18.0 Å². The molecule has 0 spiro atoms. The molecule has 0 aliphatic heterocycles. The fourth-order valence-corrected chi connectivity index (χ4v) is 2.72. The van der Waals surface area contributed by atoms with Gasteiger partial charge in [-0.25, -0.2) is 4.98 Å². The third-order valence-corrected chi connectivity index (χ3v) is 3.77. The number of hydrogen-bond donors (Lipinski definition) is 0. The van der Waals surface area contributed by atoms with Gasteiger partial charge in [-0.15, -0.1) is 11.3 Å². The summed E-state index contributed by atoms with van der Waals surface area (Å²) in [5.74, 6) is -0.383. The van der Waals surface area contributed by atoms with E-state index in [-0.39, 0.29) is 17.8 Å². The number of benzene rings is 1. The second-order valence-corrected chi connectivity index (χ2v) is 5.38. The minimum Gasteiger partial charge on any atom is -0.297 e. The summed E-state index contributed by atoms with van der Waals surface area (Å²) in [6.45, 7) is 0. The highest BCUT2D eigenvalue weighted by molar-refractivity contribution is 7.15. The molecule has 108 valence electrons. The quantitative estimate of drug-likeness (QED) is 0.689. The van der Waals surface area contributed by atoms with Crippen LogP contribution in [0.2, 0.25) is 0 Å². The monoisotopic (exact) mass is 310 g/mol. The van der Waals surface area contributed by atoms with Crippen LogP contribution in [0.3, 0.4) is 0 Å². The molecule has 2 aromatic heterocycles. The van der Waals surface area contributed by atoms with Crippen LogP contribution in [0.1, 0.15) is 21.6 Å². The zero-order valence-electron chi connectivity index (χ0n) is 10.6. The second kappa shape index (κ2) is 5.00. The molecule has 7 heteroatoms. The van der Waals surface area contributed by atoms with Crippen molar-refractivity contribution in [3.63, 3.8) is 0 Å². The average molecular weight is 310 g/mol. The lowest BCUT2D eigenvalue weighted by atomic mass is 10.0. The van der Waals surface area contributed by atoms with Crippen molar-refractivity contribution >= 4 is 22.1 Å². The Balaban J connectivity index is 1.83. The van der Waals surface area contributed by atoms with Crippen molar-refractivity contribution in [3.05, 3.63) is 58.9 Å². The van der Waals surface area contributed by atoms with Crippen LogP contribution >= 0.6 is 11.3 Å². The minimum atomic E-state index is -4.45. The summed E-state index contributed by atoms with van der Waals surface area (Å²) in [5, 5.41) is 1.86. The molecule has 0 aliphatic rings. The van der Waals surface area contributed by atoms with E-state index in [1.807, 2.05) is 11.6 Å². The number of carbonyl (C=O) groups is 1. The van der Waals surface area contributed by atoms with Crippen LogP contribution in [0.4, 0.5) is 13.2 Å². The molecule has 0 fully saturated rings. The van der Waals surface area contributed by atoms with E-state index in [1.165, 1.54) is 23.5 Å². The first-order valence-electron chi connectivity index (χ1n) is 6.05. The molecule has 3 nitrogen and oxygen atoms in total. The molecule has 0 amide bonds. The van der Waals surface area contributed by atoms with Crippen LogP contribution in [0, 0.1) is 0 Å². The van der Waals surface area contributed by atoms with Crippen LogP contribution < -0.4 is 0 Å². The molecule has 0 unspecified atom stereocenters. The Morgan fingerprint density at radius 3 is 2.86 bits per heavy atom. The van der Waals surface area contributed by atoms with E-state index in [0.717, 1.165) is 17.1 Å². The molecule has 0 radical (unpaired) electrons. The predicted molar refractivity (Wildman–Crippen MR) is 72.5 cm³/mol. The maximum Gasteiger partial charge on any atom is 0.416 e. The highest BCUT2D eigenvalue weighted by Gasteiger charge is 2.30. The Morgan fingerprint density at radius 1 is 1.33 bits per heavy atom. The van der Waals surface area contributed by atoms with Gasteiger partial charge >= 0.3 is 6.18 Å². The molecule has 3 aromatic rings. The van der Waals surface area contributed by atoms with Crippen molar-refractivity contribution in [3.8, 4) is 0 Å². The molecule has 0 aliphatic carbocycles. The number of alkyl halides is 3. The largest absolute Gasteiger partial charge is 0.416 e. The lowest BCUT2D eigenvalue weighted by Crippen LogP contribution is -2.09. The third kappa shape index (κ3) is 2.82. The van der Waals surface area contributed by atoms with Crippen molar-refractivity contribution in [2.45, 2.75) is 12.6 Å². The molecule has 2 heterocycles. The molecule has 0 saturated heterocycles. The maximum absolute atomic E-state index is 12.6. The van der Waals surface area contributed by atoms with Gasteiger partial charge in [0.15, 0.2) is 10.7 Å². The number of thiazole rings is 1. The summed E-state index contributed by atoms with van der Waals surface area (Å²) in [4.78, 5) is 17.1. The number of rotatable bonds is 3. The third-order valence-electron chi connectivity index (χ3n) is 3.00. The molecular formula is C14H9F3N2OS. The Hall–Kier alpha value is -2.15. The molecule has 0 atom stereocenters. The van der Waals surface area contributed by atoms with Gasteiger partial charge in [0, 0.05) is 23.3 Å². The van der Waals surface area contributed by atoms with Gasteiger partial charge < -0.3 is 0 Å². The smallest absolute Gasteiger partial charge is 0.297 e. The first-order valence-corrected chi connectivity index (χ1v) is 6.93. The van der Waals surface area contributed by atoms with Gasteiger partial charge in [0.05, 0.1) is 17.7 Å². The van der Waals surface area contributed by atoms with Crippen molar-refractivity contribution in [2.75, 3.05) is 0 Å².